The average Bonchev–Trinajstić information content (AvgIpc) is 3.17. The lowest BCUT2D eigenvalue weighted by Crippen LogP contribution is -2.48. The molecule has 1 aliphatic rings. The van der Waals surface area contributed by atoms with Crippen LogP contribution in [0.3, 0.4) is 0 Å². The number of rotatable bonds is 5. The Morgan fingerprint density at radius 1 is 1.23 bits per heavy atom. The molecule has 140 valence electrons. The fourth-order valence-electron chi connectivity index (χ4n) is 3.56. The molecular weight excluding hydrogens is 342 g/mol. The summed E-state index contributed by atoms with van der Waals surface area (Å²) in [6, 6.07) is 10.6. The Morgan fingerprint density at radius 2 is 2.00 bits per heavy atom. The zero-order chi connectivity index (χ0) is 18.5. The predicted octanol–water partition coefficient (Wildman–Crippen LogP) is 4.88. The van der Waals surface area contributed by atoms with E-state index in [2.05, 4.69) is 54.6 Å². The van der Waals surface area contributed by atoms with Crippen LogP contribution in [0.5, 0.6) is 0 Å². The Balaban J connectivity index is 1.76. The van der Waals surface area contributed by atoms with Crippen LogP contribution in [0.2, 0.25) is 0 Å². The number of benzene rings is 1. The van der Waals surface area contributed by atoms with E-state index in [1.807, 2.05) is 17.0 Å². The second-order valence-corrected chi connectivity index (χ2v) is 8.08. The van der Waals surface area contributed by atoms with Crippen LogP contribution < -0.4 is 5.32 Å². The number of thiophene rings is 1. The Labute approximate surface area is 160 Å². The van der Waals surface area contributed by atoms with Gasteiger partial charge in [-0.25, -0.2) is 4.79 Å². The van der Waals surface area contributed by atoms with E-state index in [0.29, 0.717) is 12.6 Å². The Morgan fingerprint density at radius 3 is 2.65 bits per heavy atom. The van der Waals surface area contributed by atoms with Crippen molar-refractivity contribution in [1.82, 2.24) is 9.80 Å². The van der Waals surface area contributed by atoms with Gasteiger partial charge in [-0.15, -0.1) is 11.3 Å². The summed E-state index contributed by atoms with van der Waals surface area (Å²) in [5.41, 5.74) is 3.25. The molecule has 2 aromatic rings. The number of amides is 2. The largest absolute Gasteiger partial charge is 0.322 e. The molecule has 4 nitrogen and oxygen atoms in total. The highest BCUT2D eigenvalue weighted by Crippen LogP contribution is 2.24. The molecule has 2 amide bonds. The van der Waals surface area contributed by atoms with Crippen LogP contribution in [0, 0.1) is 13.8 Å². The molecule has 0 aliphatic carbocycles. The fourth-order valence-corrected chi connectivity index (χ4v) is 4.26. The molecule has 1 saturated heterocycles. The van der Waals surface area contributed by atoms with Crippen LogP contribution in [0.15, 0.2) is 35.7 Å². The van der Waals surface area contributed by atoms with Crippen molar-refractivity contribution in [3.8, 4) is 0 Å². The van der Waals surface area contributed by atoms with Crippen molar-refractivity contribution in [2.24, 2.45) is 0 Å². The van der Waals surface area contributed by atoms with Crippen molar-refractivity contribution in [1.29, 1.82) is 0 Å². The van der Waals surface area contributed by atoms with Crippen molar-refractivity contribution in [3.63, 3.8) is 0 Å². The number of carbonyl (C=O) groups is 1. The van der Waals surface area contributed by atoms with E-state index in [1.165, 1.54) is 10.4 Å². The predicted molar refractivity (Wildman–Crippen MR) is 110 cm³/mol. The Bertz CT molecular complexity index is 721. The van der Waals surface area contributed by atoms with E-state index in [-0.39, 0.29) is 6.03 Å². The minimum Gasteiger partial charge on any atom is -0.316 e. The van der Waals surface area contributed by atoms with Crippen molar-refractivity contribution in [2.45, 2.75) is 46.2 Å². The number of urea groups is 1. The molecule has 0 atom stereocenters. The van der Waals surface area contributed by atoms with Gasteiger partial charge in [-0.2, -0.15) is 0 Å². The number of piperidine rings is 1. The highest BCUT2D eigenvalue weighted by molar-refractivity contribution is 7.09. The molecule has 1 aromatic carbocycles. The van der Waals surface area contributed by atoms with Gasteiger partial charge in [0.2, 0.25) is 0 Å². The molecule has 2 heterocycles. The second kappa shape index (κ2) is 8.69. The van der Waals surface area contributed by atoms with Gasteiger partial charge in [0.05, 0.1) is 6.54 Å². The molecule has 1 fully saturated rings. The Kier molecular flexibility index (Phi) is 6.33. The lowest BCUT2D eigenvalue weighted by Gasteiger charge is -2.38. The van der Waals surface area contributed by atoms with Gasteiger partial charge in [0.25, 0.3) is 0 Å². The summed E-state index contributed by atoms with van der Waals surface area (Å²) in [6.07, 6.45) is 2.08. The Hall–Kier alpha value is -1.85. The van der Waals surface area contributed by atoms with Crippen LogP contribution in [-0.2, 0) is 6.54 Å². The first-order valence-electron chi connectivity index (χ1n) is 9.47. The SMILES string of the molecule is CCN1CCC(N(Cc2cccs2)C(=O)Nc2cccc(C)c2C)CC1. The zero-order valence-electron chi connectivity index (χ0n) is 16.0. The summed E-state index contributed by atoms with van der Waals surface area (Å²) in [6.45, 7) is 10.3. The maximum absolute atomic E-state index is 13.2. The maximum Gasteiger partial charge on any atom is 0.322 e. The smallest absolute Gasteiger partial charge is 0.316 e. The quantitative estimate of drug-likeness (QED) is 0.813. The highest BCUT2D eigenvalue weighted by atomic mass is 32.1. The topological polar surface area (TPSA) is 35.6 Å². The van der Waals surface area contributed by atoms with Gasteiger partial charge in [-0.05, 0) is 61.9 Å². The molecule has 1 N–H and O–H groups in total. The van der Waals surface area contributed by atoms with Gasteiger partial charge in [0, 0.05) is 29.7 Å². The number of aryl methyl sites for hydroxylation is 1. The standard InChI is InChI=1S/C21H29N3OS/c1-4-23-12-10-18(11-13-23)24(15-19-8-6-14-26-19)21(25)22-20-9-5-7-16(2)17(20)3/h5-9,14,18H,4,10-13,15H2,1-3H3,(H,22,25). The van der Waals surface area contributed by atoms with E-state index in [1.54, 1.807) is 11.3 Å². The highest BCUT2D eigenvalue weighted by Gasteiger charge is 2.28. The number of hydrogen-bond donors (Lipinski definition) is 1. The monoisotopic (exact) mass is 371 g/mol. The molecule has 0 radical (unpaired) electrons. The number of hydrogen-bond acceptors (Lipinski definition) is 3. The third kappa shape index (κ3) is 4.46. The van der Waals surface area contributed by atoms with E-state index in [4.69, 9.17) is 0 Å². The van der Waals surface area contributed by atoms with Crippen molar-refractivity contribution < 1.29 is 4.79 Å². The van der Waals surface area contributed by atoms with Gasteiger partial charge in [0.15, 0.2) is 0 Å². The molecule has 3 rings (SSSR count). The van der Waals surface area contributed by atoms with Crippen LogP contribution in [0.25, 0.3) is 0 Å². The van der Waals surface area contributed by atoms with Crippen LogP contribution >= 0.6 is 11.3 Å². The van der Waals surface area contributed by atoms with E-state index in [0.717, 1.165) is 43.7 Å². The second-order valence-electron chi connectivity index (χ2n) is 7.05. The molecule has 26 heavy (non-hydrogen) atoms. The lowest BCUT2D eigenvalue weighted by atomic mass is 10.0. The van der Waals surface area contributed by atoms with Crippen molar-refractivity contribution >= 4 is 23.1 Å². The average molecular weight is 372 g/mol. The van der Waals surface area contributed by atoms with Gasteiger partial charge in [0.1, 0.15) is 0 Å². The van der Waals surface area contributed by atoms with E-state index in [9.17, 15) is 4.79 Å². The van der Waals surface area contributed by atoms with Crippen LogP contribution in [-0.4, -0.2) is 41.5 Å². The molecule has 0 bridgehead atoms. The van der Waals surface area contributed by atoms with E-state index < -0.39 is 0 Å². The number of nitrogens with zero attached hydrogens (tertiary/aromatic N) is 2. The van der Waals surface area contributed by atoms with Gasteiger partial charge in [-0.3, -0.25) is 0 Å². The minimum absolute atomic E-state index is 0.0158. The molecule has 0 saturated carbocycles. The summed E-state index contributed by atoms with van der Waals surface area (Å²) in [7, 11) is 0. The van der Waals surface area contributed by atoms with Gasteiger partial charge >= 0.3 is 6.03 Å². The van der Waals surface area contributed by atoms with Gasteiger partial charge < -0.3 is 15.1 Å². The minimum atomic E-state index is 0.0158. The summed E-state index contributed by atoms with van der Waals surface area (Å²) in [5, 5.41) is 5.24. The normalized spacial score (nSPS) is 15.8. The number of nitrogens with one attached hydrogen (secondary N) is 1. The third-order valence-corrected chi connectivity index (χ3v) is 6.32. The zero-order valence-corrected chi connectivity index (χ0v) is 16.8. The number of likely N-dealkylation sites (tertiary alicyclic amines) is 1. The first kappa shape index (κ1) is 18.9. The van der Waals surface area contributed by atoms with Crippen LogP contribution in [0.1, 0.15) is 35.8 Å². The number of anilines is 1. The first-order chi connectivity index (χ1) is 12.6. The first-order valence-corrected chi connectivity index (χ1v) is 10.3. The summed E-state index contributed by atoms with van der Waals surface area (Å²) < 4.78 is 0. The fraction of sp³-hybridized carbons (Fsp3) is 0.476. The molecular formula is C21H29N3OS. The molecule has 0 spiro atoms. The molecule has 1 aliphatic heterocycles. The lowest BCUT2D eigenvalue weighted by molar-refractivity contribution is 0.127. The summed E-state index contributed by atoms with van der Waals surface area (Å²) in [5.74, 6) is 0. The van der Waals surface area contributed by atoms with Gasteiger partial charge in [-0.1, -0.05) is 25.1 Å². The van der Waals surface area contributed by atoms with Crippen molar-refractivity contribution in [3.05, 3.63) is 51.7 Å². The maximum atomic E-state index is 13.2. The van der Waals surface area contributed by atoms with Crippen LogP contribution in [0.4, 0.5) is 10.5 Å². The summed E-state index contributed by atoms with van der Waals surface area (Å²) >= 11 is 1.72. The number of carbonyl (C=O) groups excluding carboxylic acids is 1. The molecule has 5 heteroatoms. The molecule has 1 aromatic heterocycles. The third-order valence-electron chi connectivity index (χ3n) is 5.46. The molecule has 0 unspecified atom stereocenters. The van der Waals surface area contributed by atoms with Crippen molar-refractivity contribution in [2.75, 3.05) is 25.0 Å². The summed E-state index contributed by atoms with van der Waals surface area (Å²) in [4.78, 5) is 18.9. The van der Waals surface area contributed by atoms with E-state index >= 15 is 0 Å².